The van der Waals surface area contributed by atoms with Crippen molar-refractivity contribution in [2.75, 3.05) is 19.6 Å². The number of carbonyl (C=O) groups is 2. The Hall–Kier alpha value is -1.88. The SMILES string of the molecule is CCCN1C(=O)CC[C@H]2CN(C(=O)c3ccc4sccc4c3)CC[C@H]21. The number of hydrogen-bond donors (Lipinski definition) is 0. The Balaban J connectivity index is 1.49. The molecule has 4 nitrogen and oxygen atoms in total. The maximum atomic E-state index is 13.0. The molecule has 3 heterocycles. The van der Waals surface area contributed by atoms with Gasteiger partial charge in [0.2, 0.25) is 5.91 Å². The number of piperidine rings is 2. The van der Waals surface area contributed by atoms with E-state index in [-0.39, 0.29) is 5.91 Å². The van der Waals surface area contributed by atoms with E-state index in [4.69, 9.17) is 0 Å². The van der Waals surface area contributed by atoms with Gasteiger partial charge in [-0.3, -0.25) is 9.59 Å². The van der Waals surface area contributed by atoms with Crippen LogP contribution in [-0.2, 0) is 4.79 Å². The highest BCUT2D eigenvalue weighted by Gasteiger charge is 2.40. The summed E-state index contributed by atoms with van der Waals surface area (Å²) >= 11 is 1.70. The van der Waals surface area contributed by atoms with Crippen molar-refractivity contribution in [2.45, 2.75) is 38.6 Å². The third-order valence-corrected chi connectivity index (χ3v) is 6.49. The highest BCUT2D eigenvalue weighted by Crippen LogP contribution is 2.32. The van der Waals surface area contributed by atoms with Gasteiger partial charge in [0.1, 0.15) is 0 Å². The van der Waals surface area contributed by atoms with Crippen molar-refractivity contribution >= 4 is 33.2 Å². The van der Waals surface area contributed by atoms with Gasteiger partial charge >= 0.3 is 0 Å². The Morgan fingerprint density at radius 2 is 2.16 bits per heavy atom. The van der Waals surface area contributed by atoms with Crippen molar-refractivity contribution in [3.05, 3.63) is 35.2 Å². The van der Waals surface area contributed by atoms with E-state index < -0.39 is 0 Å². The van der Waals surface area contributed by atoms with Gasteiger partial charge in [0, 0.05) is 42.4 Å². The minimum atomic E-state index is 0.130. The second kappa shape index (κ2) is 6.79. The number of likely N-dealkylation sites (tertiary alicyclic amines) is 2. The number of thiophene rings is 1. The molecule has 132 valence electrons. The molecule has 0 radical (unpaired) electrons. The van der Waals surface area contributed by atoms with E-state index in [9.17, 15) is 9.59 Å². The smallest absolute Gasteiger partial charge is 0.253 e. The maximum Gasteiger partial charge on any atom is 0.253 e. The van der Waals surface area contributed by atoms with Crippen molar-refractivity contribution in [3.63, 3.8) is 0 Å². The predicted octanol–water partition coefficient (Wildman–Crippen LogP) is 3.76. The summed E-state index contributed by atoms with van der Waals surface area (Å²) in [4.78, 5) is 29.3. The van der Waals surface area contributed by atoms with Crippen molar-refractivity contribution in [1.82, 2.24) is 9.80 Å². The monoisotopic (exact) mass is 356 g/mol. The first-order valence-electron chi connectivity index (χ1n) is 9.23. The summed E-state index contributed by atoms with van der Waals surface area (Å²) in [5, 5.41) is 3.20. The minimum Gasteiger partial charge on any atom is -0.339 e. The molecule has 0 bridgehead atoms. The van der Waals surface area contributed by atoms with Gasteiger partial charge in [-0.15, -0.1) is 11.3 Å². The molecule has 5 heteroatoms. The lowest BCUT2D eigenvalue weighted by molar-refractivity contribution is -0.140. The molecule has 1 aromatic heterocycles. The van der Waals surface area contributed by atoms with Crippen molar-refractivity contribution in [2.24, 2.45) is 5.92 Å². The Bertz CT molecular complexity index is 800. The normalized spacial score (nSPS) is 23.8. The largest absolute Gasteiger partial charge is 0.339 e. The van der Waals surface area contributed by atoms with E-state index >= 15 is 0 Å². The van der Waals surface area contributed by atoms with E-state index in [1.807, 2.05) is 23.1 Å². The Labute approximate surface area is 152 Å². The van der Waals surface area contributed by atoms with Crippen LogP contribution in [0.25, 0.3) is 10.1 Å². The molecule has 4 rings (SSSR count). The van der Waals surface area contributed by atoms with E-state index in [1.165, 1.54) is 4.70 Å². The first-order valence-corrected chi connectivity index (χ1v) is 10.1. The fourth-order valence-corrected chi connectivity index (χ4v) is 5.12. The molecule has 2 amide bonds. The number of benzene rings is 1. The van der Waals surface area contributed by atoms with Crippen LogP contribution in [0.4, 0.5) is 0 Å². The highest BCUT2D eigenvalue weighted by atomic mass is 32.1. The summed E-state index contributed by atoms with van der Waals surface area (Å²) in [6.07, 6.45) is 3.45. The Morgan fingerprint density at radius 1 is 1.28 bits per heavy atom. The van der Waals surface area contributed by atoms with Gasteiger partial charge in [-0.25, -0.2) is 0 Å². The molecule has 1 aromatic carbocycles. The Kier molecular flexibility index (Phi) is 4.50. The molecule has 2 aliphatic heterocycles. The molecular formula is C20H24N2O2S. The van der Waals surface area contributed by atoms with Gasteiger partial charge in [0.15, 0.2) is 0 Å². The summed E-state index contributed by atoms with van der Waals surface area (Å²) < 4.78 is 1.22. The van der Waals surface area contributed by atoms with E-state index in [0.717, 1.165) is 49.8 Å². The molecule has 2 saturated heterocycles. The lowest BCUT2D eigenvalue weighted by atomic mass is 9.83. The average molecular weight is 356 g/mol. The van der Waals surface area contributed by atoms with Crippen molar-refractivity contribution < 1.29 is 9.59 Å². The molecule has 0 unspecified atom stereocenters. The zero-order valence-corrected chi connectivity index (χ0v) is 15.4. The van der Waals surface area contributed by atoms with Gasteiger partial charge < -0.3 is 9.80 Å². The fraction of sp³-hybridized carbons (Fsp3) is 0.500. The lowest BCUT2D eigenvalue weighted by Crippen LogP contribution is -2.57. The number of amides is 2. The van der Waals surface area contributed by atoms with Gasteiger partial charge in [0.25, 0.3) is 5.91 Å². The van der Waals surface area contributed by atoms with Crippen LogP contribution in [0.5, 0.6) is 0 Å². The van der Waals surface area contributed by atoms with Crippen LogP contribution in [0.1, 0.15) is 43.0 Å². The first kappa shape index (κ1) is 16.6. The van der Waals surface area contributed by atoms with Gasteiger partial charge in [-0.05, 0) is 60.2 Å². The summed E-state index contributed by atoms with van der Waals surface area (Å²) in [5.41, 5.74) is 0.779. The molecule has 0 spiro atoms. The number of nitrogens with zero attached hydrogens (tertiary/aromatic N) is 2. The second-order valence-electron chi connectivity index (χ2n) is 7.17. The van der Waals surface area contributed by atoms with Crippen LogP contribution in [0.15, 0.2) is 29.6 Å². The lowest BCUT2D eigenvalue weighted by Gasteiger charge is -2.47. The summed E-state index contributed by atoms with van der Waals surface area (Å²) in [6, 6.07) is 8.39. The molecule has 0 saturated carbocycles. The van der Waals surface area contributed by atoms with Crippen molar-refractivity contribution in [3.8, 4) is 0 Å². The van der Waals surface area contributed by atoms with Crippen LogP contribution >= 0.6 is 11.3 Å². The van der Waals surface area contributed by atoms with E-state index in [0.29, 0.717) is 24.3 Å². The van der Waals surface area contributed by atoms with Crippen LogP contribution in [0, 0.1) is 5.92 Å². The van der Waals surface area contributed by atoms with Crippen LogP contribution < -0.4 is 0 Å². The fourth-order valence-electron chi connectivity index (χ4n) is 4.35. The van der Waals surface area contributed by atoms with Gasteiger partial charge in [-0.1, -0.05) is 6.92 Å². The molecule has 0 N–H and O–H groups in total. The molecule has 0 aliphatic carbocycles. The summed E-state index contributed by atoms with van der Waals surface area (Å²) in [5.74, 6) is 0.850. The first-order chi connectivity index (χ1) is 12.2. The van der Waals surface area contributed by atoms with E-state index in [1.54, 1.807) is 11.3 Å². The number of carbonyl (C=O) groups excluding carboxylic acids is 2. The topological polar surface area (TPSA) is 40.6 Å². The third-order valence-electron chi connectivity index (χ3n) is 5.59. The number of rotatable bonds is 3. The zero-order valence-electron chi connectivity index (χ0n) is 14.6. The zero-order chi connectivity index (χ0) is 17.4. The Morgan fingerprint density at radius 3 is 3.00 bits per heavy atom. The summed E-state index contributed by atoms with van der Waals surface area (Å²) in [7, 11) is 0. The van der Waals surface area contributed by atoms with Crippen LogP contribution in [0.3, 0.4) is 0 Å². The highest BCUT2D eigenvalue weighted by molar-refractivity contribution is 7.17. The molecule has 25 heavy (non-hydrogen) atoms. The quantitative estimate of drug-likeness (QED) is 0.840. The molecule has 2 aliphatic rings. The van der Waals surface area contributed by atoms with Gasteiger partial charge in [0.05, 0.1) is 0 Å². The molecule has 2 atom stereocenters. The maximum absolute atomic E-state index is 13.0. The van der Waals surface area contributed by atoms with Crippen molar-refractivity contribution in [1.29, 1.82) is 0 Å². The van der Waals surface area contributed by atoms with Crippen LogP contribution in [0.2, 0.25) is 0 Å². The predicted molar refractivity (Wildman–Crippen MR) is 101 cm³/mol. The molecule has 2 aromatic rings. The number of hydrogen-bond acceptors (Lipinski definition) is 3. The molecular weight excluding hydrogens is 332 g/mol. The standard InChI is InChI=1S/C20H24N2O2S/c1-2-9-22-17-7-10-21(13-16(17)4-6-19(22)23)20(24)15-3-5-18-14(12-15)8-11-25-18/h3,5,8,11-12,16-17H,2,4,6-7,9-10,13H2,1H3/t16-,17+/m0/s1. The second-order valence-corrected chi connectivity index (χ2v) is 8.11. The minimum absolute atomic E-state index is 0.130. The van der Waals surface area contributed by atoms with Gasteiger partial charge in [-0.2, -0.15) is 0 Å². The average Bonchev–Trinajstić information content (AvgIpc) is 3.11. The third kappa shape index (κ3) is 3.06. The van der Waals surface area contributed by atoms with E-state index in [2.05, 4.69) is 23.3 Å². The number of fused-ring (bicyclic) bond motifs is 2. The van der Waals surface area contributed by atoms with Crippen LogP contribution in [-0.4, -0.2) is 47.3 Å². The summed E-state index contributed by atoms with van der Waals surface area (Å²) in [6.45, 7) is 4.49. The molecule has 2 fully saturated rings.